The average Bonchev–Trinajstić information content (AvgIpc) is 2.50. The molecule has 5 heteroatoms. The van der Waals surface area contributed by atoms with Gasteiger partial charge >= 0.3 is 0 Å². The van der Waals surface area contributed by atoms with Crippen LogP contribution in [0.3, 0.4) is 0 Å². The Hall–Kier alpha value is -0.770. The quantitative estimate of drug-likeness (QED) is 0.896. The molecule has 1 N–H and O–H groups in total. The summed E-state index contributed by atoms with van der Waals surface area (Å²) in [6, 6.07) is 5.33. The molecule has 1 aliphatic heterocycles. The number of carbonyl (C=O) groups is 1. The highest BCUT2D eigenvalue weighted by Gasteiger charge is 2.17. The van der Waals surface area contributed by atoms with Crippen LogP contribution >= 0.6 is 23.2 Å². The highest BCUT2D eigenvalue weighted by Crippen LogP contribution is 2.22. The monoisotopic (exact) mass is 272 g/mol. The minimum atomic E-state index is 0.110. The van der Waals surface area contributed by atoms with Crippen molar-refractivity contribution in [3.05, 3.63) is 33.8 Å². The third-order valence-corrected chi connectivity index (χ3v) is 3.38. The van der Waals surface area contributed by atoms with Gasteiger partial charge in [-0.2, -0.15) is 0 Å². The van der Waals surface area contributed by atoms with Gasteiger partial charge < -0.3 is 10.2 Å². The second kappa shape index (κ2) is 5.71. The van der Waals surface area contributed by atoms with Gasteiger partial charge in [-0.3, -0.25) is 4.79 Å². The van der Waals surface area contributed by atoms with Crippen molar-refractivity contribution in [2.24, 2.45) is 0 Å². The Bertz CT molecular complexity index is 423. The predicted molar refractivity (Wildman–Crippen MR) is 69.4 cm³/mol. The lowest BCUT2D eigenvalue weighted by molar-refractivity contribution is -0.130. The molecule has 3 nitrogen and oxygen atoms in total. The Labute approximate surface area is 111 Å². The summed E-state index contributed by atoms with van der Waals surface area (Å²) in [4.78, 5) is 13.6. The number of amides is 1. The fourth-order valence-electron chi connectivity index (χ4n) is 1.86. The van der Waals surface area contributed by atoms with E-state index in [1.807, 2.05) is 11.0 Å². The van der Waals surface area contributed by atoms with E-state index in [1.54, 1.807) is 12.1 Å². The van der Waals surface area contributed by atoms with Crippen molar-refractivity contribution >= 4 is 29.1 Å². The van der Waals surface area contributed by atoms with E-state index in [0.717, 1.165) is 25.1 Å². The zero-order valence-electron chi connectivity index (χ0n) is 9.38. The molecular formula is C12H14Cl2N2O. The van der Waals surface area contributed by atoms with Crippen molar-refractivity contribution in [3.8, 4) is 0 Å². The third kappa shape index (κ3) is 3.35. The zero-order valence-corrected chi connectivity index (χ0v) is 10.9. The predicted octanol–water partition coefficient (Wildman–Crippen LogP) is 2.32. The fourth-order valence-corrected chi connectivity index (χ4v) is 2.24. The van der Waals surface area contributed by atoms with Gasteiger partial charge in [0.1, 0.15) is 0 Å². The van der Waals surface area contributed by atoms with Crippen molar-refractivity contribution in [1.82, 2.24) is 10.2 Å². The first-order valence-corrected chi connectivity index (χ1v) is 6.35. The van der Waals surface area contributed by atoms with Crippen LogP contribution in [0.25, 0.3) is 0 Å². The van der Waals surface area contributed by atoms with E-state index in [2.05, 4.69) is 5.32 Å². The fraction of sp³-hybridized carbons (Fsp3) is 0.417. The second-order valence-electron chi connectivity index (χ2n) is 4.08. The van der Waals surface area contributed by atoms with E-state index in [4.69, 9.17) is 23.2 Å². The second-order valence-corrected chi connectivity index (χ2v) is 4.92. The molecule has 1 amide bonds. The standard InChI is InChI=1S/C12H14Cl2N2O/c13-10-2-3-11(14)9(6-10)8-16-5-1-4-15-7-12(16)17/h2-3,6,15H,1,4-5,7-8H2. The Balaban J connectivity index is 2.13. The van der Waals surface area contributed by atoms with Crippen LogP contribution in [0, 0.1) is 0 Å². The molecule has 0 aromatic heterocycles. The van der Waals surface area contributed by atoms with Crippen molar-refractivity contribution in [2.45, 2.75) is 13.0 Å². The zero-order chi connectivity index (χ0) is 12.3. The summed E-state index contributed by atoms with van der Waals surface area (Å²) >= 11 is 12.0. The minimum absolute atomic E-state index is 0.110. The highest BCUT2D eigenvalue weighted by molar-refractivity contribution is 6.33. The summed E-state index contributed by atoms with van der Waals surface area (Å²) < 4.78 is 0. The number of carbonyl (C=O) groups excluding carboxylic acids is 1. The van der Waals surface area contributed by atoms with Crippen molar-refractivity contribution in [2.75, 3.05) is 19.6 Å². The Morgan fingerprint density at radius 1 is 1.35 bits per heavy atom. The molecular weight excluding hydrogens is 259 g/mol. The molecule has 1 aromatic carbocycles. The molecule has 0 unspecified atom stereocenters. The number of nitrogens with zero attached hydrogens (tertiary/aromatic N) is 1. The summed E-state index contributed by atoms with van der Waals surface area (Å²) in [6.07, 6.45) is 0.962. The molecule has 0 aliphatic carbocycles. The Kier molecular flexibility index (Phi) is 4.26. The van der Waals surface area contributed by atoms with E-state index < -0.39 is 0 Å². The molecule has 0 spiro atoms. The highest BCUT2D eigenvalue weighted by atomic mass is 35.5. The van der Waals surface area contributed by atoms with Gasteiger partial charge in [0.2, 0.25) is 5.91 Å². The van der Waals surface area contributed by atoms with Gasteiger partial charge in [0, 0.05) is 23.1 Å². The number of hydrogen-bond donors (Lipinski definition) is 1. The largest absolute Gasteiger partial charge is 0.337 e. The van der Waals surface area contributed by atoms with E-state index >= 15 is 0 Å². The summed E-state index contributed by atoms with van der Waals surface area (Å²) in [5.74, 6) is 0.110. The first-order valence-electron chi connectivity index (χ1n) is 5.59. The lowest BCUT2D eigenvalue weighted by Crippen LogP contribution is -2.34. The molecule has 0 radical (unpaired) electrons. The summed E-state index contributed by atoms with van der Waals surface area (Å²) in [5, 5.41) is 4.38. The SMILES string of the molecule is O=C1CNCCCN1Cc1cc(Cl)ccc1Cl. The minimum Gasteiger partial charge on any atom is -0.337 e. The Morgan fingerprint density at radius 3 is 3.00 bits per heavy atom. The molecule has 1 aromatic rings. The van der Waals surface area contributed by atoms with Gasteiger partial charge in [-0.15, -0.1) is 0 Å². The van der Waals surface area contributed by atoms with Crippen LogP contribution in [0.5, 0.6) is 0 Å². The summed E-state index contributed by atoms with van der Waals surface area (Å²) in [6.45, 7) is 2.57. The molecule has 1 saturated heterocycles. The number of hydrogen-bond acceptors (Lipinski definition) is 2. The van der Waals surface area contributed by atoms with Gasteiger partial charge in [0.15, 0.2) is 0 Å². The number of nitrogens with one attached hydrogen (secondary N) is 1. The van der Waals surface area contributed by atoms with E-state index in [1.165, 1.54) is 0 Å². The first kappa shape index (κ1) is 12.7. The van der Waals surface area contributed by atoms with Crippen molar-refractivity contribution < 1.29 is 4.79 Å². The molecule has 1 fully saturated rings. The van der Waals surface area contributed by atoms with Crippen LogP contribution in [0.4, 0.5) is 0 Å². The van der Waals surface area contributed by atoms with Crippen LogP contribution in [0.15, 0.2) is 18.2 Å². The summed E-state index contributed by atoms with van der Waals surface area (Å²) in [7, 11) is 0. The molecule has 17 heavy (non-hydrogen) atoms. The topological polar surface area (TPSA) is 32.3 Å². The Morgan fingerprint density at radius 2 is 2.18 bits per heavy atom. The van der Waals surface area contributed by atoms with Gasteiger partial charge in [-0.1, -0.05) is 23.2 Å². The normalized spacial score (nSPS) is 17.1. The lowest BCUT2D eigenvalue weighted by Gasteiger charge is -2.20. The van der Waals surface area contributed by atoms with Crippen LogP contribution in [0.1, 0.15) is 12.0 Å². The maximum Gasteiger partial charge on any atom is 0.236 e. The summed E-state index contributed by atoms with van der Waals surface area (Å²) in [5.41, 5.74) is 0.898. The molecule has 1 heterocycles. The van der Waals surface area contributed by atoms with Crippen molar-refractivity contribution in [3.63, 3.8) is 0 Å². The van der Waals surface area contributed by atoms with Crippen LogP contribution in [-0.2, 0) is 11.3 Å². The first-order chi connectivity index (χ1) is 8.16. The number of rotatable bonds is 2. The maximum absolute atomic E-state index is 11.8. The van der Waals surface area contributed by atoms with E-state index in [9.17, 15) is 4.79 Å². The van der Waals surface area contributed by atoms with Crippen molar-refractivity contribution in [1.29, 1.82) is 0 Å². The molecule has 0 bridgehead atoms. The van der Waals surface area contributed by atoms with Crippen LogP contribution in [-0.4, -0.2) is 30.4 Å². The van der Waals surface area contributed by atoms with E-state index in [-0.39, 0.29) is 5.91 Å². The number of benzene rings is 1. The molecule has 1 aliphatic rings. The number of halogens is 2. The van der Waals surface area contributed by atoms with E-state index in [0.29, 0.717) is 23.1 Å². The molecule has 0 saturated carbocycles. The third-order valence-electron chi connectivity index (χ3n) is 2.78. The molecule has 2 rings (SSSR count). The maximum atomic E-state index is 11.8. The smallest absolute Gasteiger partial charge is 0.236 e. The van der Waals surface area contributed by atoms with Gasteiger partial charge in [-0.05, 0) is 36.7 Å². The molecule has 0 atom stereocenters. The van der Waals surface area contributed by atoms with Gasteiger partial charge in [0.05, 0.1) is 6.54 Å². The van der Waals surface area contributed by atoms with Gasteiger partial charge in [0.25, 0.3) is 0 Å². The lowest BCUT2D eigenvalue weighted by atomic mass is 10.2. The average molecular weight is 273 g/mol. The molecule has 92 valence electrons. The van der Waals surface area contributed by atoms with Crippen LogP contribution < -0.4 is 5.32 Å². The van der Waals surface area contributed by atoms with Crippen LogP contribution in [0.2, 0.25) is 10.0 Å². The van der Waals surface area contributed by atoms with Gasteiger partial charge in [-0.25, -0.2) is 0 Å².